The lowest BCUT2D eigenvalue weighted by atomic mass is 10.3. The molecule has 0 atom stereocenters. The number of nitrogens with zero attached hydrogens (tertiary/aromatic N) is 1. The Hall–Kier alpha value is -1.33. The van der Waals surface area contributed by atoms with Crippen LogP contribution in [-0.2, 0) is 6.54 Å². The second kappa shape index (κ2) is 4.46. The molecule has 4 nitrogen and oxygen atoms in total. The highest BCUT2D eigenvalue weighted by atomic mass is 35.5. The molecule has 6 heteroatoms. The second-order valence-corrected chi connectivity index (χ2v) is 4.21. The average molecular weight is 242 g/mol. The summed E-state index contributed by atoms with van der Waals surface area (Å²) in [5, 5.41) is 11.5. The molecule has 0 spiro atoms. The molecule has 2 aromatic rings. The predicted molar refractivity (Wildman–Crippen MR) is 59.1 cm³/mol. The molecule has 0 aliphatic heterocycles. The monoisotopic (exact) mass is 241 g/mol. The standard InChI is InChI=1S/C9H8ClN3OS/c10-7-1-2-15-8(7)9(14)11-3-6-4-12-13-5-6/h1-2,4-5H,3H2,(H,11,14)(H,12,13). The van der Waals surface area contributed by atoms with Gasteiger partial charge in [-0.25, -0.2) is 0 Å². The van der Waals surface area contributed by atoms with Crippen LogP contribution in [0.2, 0.25) is 5.02 Å². The fraction of sp³-hybridized carbons (Fsp3) is 0.111. The van der Waals surface area contributed by atoms with Crippen molar-refractivity contribution >= 4 is 28.8 Å². The summed E-state index contributed by atoms with van der Waals surface area (Å²) in [7, 11) is 0. The lowest BCUT2D eigenvalue weighted by molar-refractivity contribution is 0.0955. The molecule has 0 unspecified atom stereocenters. The van der Waals surface area contributed by atoms with Crippen LogP contribution in [0.5, 0.6) is 0 Å². The predicted octanol–water partition coefficient (Wildman–Crippen LogP) is 2.05. The minimum Gasteiger partial charge on any atom is -0.347 e. The molecule has 0 aliphatic rings. The summed E-state index contributed by atoms with van der Waals surface area (Å²) >= 11 is 7.15. The smallest absolute Gasteiger partial charge is 0.263 e. The molecule has 2 aromatic heterocycles. The highest BCUT2D eigenvalue weighted by Gasteiger charge is 2.11. The van der Waals surface area contributed by atoms with Crippen molar-refractivity contribution in [3.05, 3.63) is 39.3 Å². The molecule has 0 fully saturated rings. The van der Waals surface area contributed by atoms with Gasteiger partial charge in [-0.1, -0.05) is 11.6 Å². The molecular weight excluding hydrogens is 234 g/mol. The van der Waals surface area contributed by atoms with E-state index in [2.05, 4.69) is 15.5 Å². The highest BCUT2D eigenvalue weighted by Crippen LogP contribution is 2.21. The van der Waals surface area contributed by atoms with Crippen LogP contribution in [0.4, 0.5) is 0 Å². The van der Waals surface area contributed by atoms with E-state index in [0.29, 0.717) is 16.4 Å². The largest absolute Gasteiger partial charge is 0.347 e. The van der Waals surface area contributed by atoms with Crippen molar-refractivity contribution in [1.29, 1.82) is 0 Å². The maximum absolute atomic E-state index is 11.6. The Morgan fingerprint density at radius 3 is 3.13 bits per heavy atom. The Kier molecular flexibility index (Phi) is 3.03. The van der Waals surface area contributed by atoms with E-state index in [-0.39, 0.29) is 5.91 Å². The van der Waals surface area contributed by atoms with E-state index in [9.17, 15) is 4.79 Å². The molecule has 0 bridgehead atoms. The lowest BCUT2D eigenvalue weighted by Crippen LogP contribution is -2.21. The third-order valence-electron chi connectivity index (χ3n) is 1.83. The van der Waals surface area contributed by atoms with Crippen LogP contribution in [0.1, 0.15) is 15.2 Å². The molecule has 2 rings (SSSR count). The van der Waals surface area contributed by atoms with E-state index in [1.165, 1.54) is 11.3 Å². The zero-order valence-corrected chi connectivity index (χ0v) is 9.23. The first-order chi connectivity index (χ1) is 7.27. The lowest BCUT2D eigenvalue weighted by Gasteiger charge is -2.01. The molecule has 0 saturated heterocycles. The topological polar surface area (TPSA) is 57.8 Å². The third-order valence-corrected chi connectivity index (χ3v) is 3.17. The number of hydrogen-bond donors (Lipinski definition) is 2. The number of halogens is 1. The number of amides is 1. The van der Waals surface area contributed by atoms with Crippen LogP contribution in [-0.4, -0.2) is 16.1 Å². The minimum absolute atomic E-state index is 0.156. The van der Waals surface area contributed by atoms with Gasteiger partial charge in [0.2, 0.25) is 0 Å². The van der Waals surface area contributed by atoms with Crippen molar-refractivity contribution < 1.29 is 4.79 Å². The molecular formula is C9H8ClN3OS. The molecule has 2 heterocycles. The van der Waals surface area contributed by atoms with Gasteiger partial charge in [0.05, 0.1) is 11.2 Å². The molecule has 1 amide bonds. The molecule has 2 N–H and O–H groups in total. The first kappa shape index (κ1) is 10.2. The van der Waals surface area contributed by atoms with Crippen molar-refractivity contribution in [2.75, 3.05) is 0 Å². The first-order valence-corrected chi connectivity index (χ1v) is 5.52. The number of nitrogens with one attached hydrogen (secondary N) is 2. The van der Waals surface area contributed by atoms with Crippen LogP contribution in [0.15, 0.2) is 23.8 Å². The fourth-order valence-corrected chi connectivity index (χ4v) is 2.15. The molecule has 15 heavy (non-hydrogen) atoms. The zero-order chi connectivity index (χ0) is 10.7. The molecule has 78 valence electrons. The van der Waals surface area contributed by atoms with E-state index in [1.54, 1.807) is 23.8 Å². The van der Waals surface area contributed by atoms with Gasteiger partial charge in [-0.15, -0.1) is 11.3 Å². The Bertz CT molecular complexity index is 452. The quantitative estimate of drug-likeness (QED) is 0.864. The molecule has 0 aromatic carbocycles. The van der Waals surface area contributed by atoms with Crippen LogP contribution >= 0.6 is 22.9 Å². The second-order valence-electron chi connectivity index (χ2n) is 2.89. The average Bonchev–Trinajstić information content (AvgIpc) is 2.84. The van der Waals surface area contributed by atoms with Crippen molar-refractivity contribution in [3.8, 4) is 0 Å². The van der Waals surface area contributed by atoms with Gasteiger partial charge in [0.25, 0.3) is 5.91 Å². The zero-order valence-electron chi connectivity index (χ0n) is 7.66. The van der Waals surface area contributed by atoms with Gasteiger partial charge in [-0.3, -0.25) is 9.89 Å². The molecule has 0 aliphatic carbocycles. The first-order valence-electron chi connectivity index (χ1n) is 4.26. The summed E-state index contributed by atoms with van der Waals surface area (Å²) in [5.41, 5.74) is 0.927. The fourth-order valence-electron chi connectivity index (χ4n) is 1.09. The summed E-state index contributed by atoms with van der Waals surface area (Å²) in [6.45, 7) is 0.448. The molecule has 0 saturated carbocycles. The van der Waals surface area contributed by atoms with Crippen LogP contribution in [0, 0.1) is 0 Å². The van der Waals surface area contributed by atoms with Crippen molar-refractivity contribution in [2.24, 2.45) is 0 Å². The van der Waals surface area contributed by atoms with E-state index in [0.717, 1.165) is 5.56 Å². The number of thiophene rings is 1. The highest BCUT2D eigenvalue weighted by molar-refractivity contribution is 7.12. The van der Waals surface area contributed by atoms with Crippen LogP contribution < -0.4 is 5.32 Å². The Morgan fingerprint density at radius 2 is 2.53 bits per heavy atom. The number of rotatable bonds is 3. The number of H-pyrrole nitrogens is 1. The summed E-state index contributed by atoms with van der Waals surface area (Å²) in [5.74, 6) is -0.156. The Balaban J connectivity index is 1.96. The summed E-state index contributed by atoms with van der Waals surface area (Å²) in [6.07, 6.45) is 3.40. The maximum atomic E-state index is 11.6. The van der Waals surface area contributed by atoms with Gasteiger partial charge in [-0.05, 0) is 11.4 Å². The number of carbonyl (C=O) groups is 1. The van der Waals surface area contributed by atoms with Crippen LogP contribution in [0.3, 0.4) is 0 Å². The Labute approximate surface area is 95.3 Å². The Morgan fingerprint density at radius 1 is 1.67 bits per heavy atom. The van der Waals surface area contributed by atoms with Crippen molar-refractivity contribution in [1.82, 2.24) is 15.5 Å². The van der Waals surface area contributed by atoms with Crippen LogP contribution in [0.25, 0.3) is 0 Å². The van der Waals surface area contributed by atoms with Gasteiger partial charge >= 0.3 is 0 Å². The van der Waals surface area contributed by atoms with E-state index >= 15 is 0 Å². The number of aromatic amines is 1. The molecule has 0 radical (unpaired) electrons. The minimum atomic E-state index is -0.156. The van der Waals surface area contributed by atoms with E-state index in [4.69, 9.17) is 11.6 Å². The number of hydrogen-bond acceptors (Lipinski definition) is 3. The summed E-state index contributed by atoms with van der Waals surface area (Å²) in [4.78, 5) is 12.1. The van der Waals surface area contributed by atoms with E-state index in [1.807, 2.05) is 0 Å². The van der Waals surface area contributed by atoms with Crippen molar-refractivity contribution in [3.63, 3.8) is 0 Å². The van der Waals surface area contributed by atoms with Gasteiger partial charge < -0.3 is 5.32 Å². The van der Waals surface area contributed by atoms with Gasteiger partial charge in [0.1, 0.15) is 4.88 Å². The normalized spacial score (nSPS) is 10.2. The number of carbonyl (C=O) groups excluding carboxylic acids is 1. The van der Waals surface area contributed by atoms with Gasteiger partial charge in [0.15, 0.2) is 0 Å². The van der Waals surface area contributed by atoms with E-state index < -0.39 is 0 Å². The van der Waals surface area contributed by atoms with Crippen molar-refractivity contribution in [2.45, 2.75) is 6.54 Å². The summed E-state index contributed by atoms with van der Waals surface area (Å²) in [6, 6.07) is 1.71. The van der Waals surface area contributed by atoms with Gasteiger partial charge in [-0.2, -0.15) is 5.10 Å². The van der Waals surface area contributed by atoms with Gasteiger partial charge in [0, 0.05) is 18.3 Å². The SMILES string of the molecule is O=C(NCc1cn[nH]c1)c1sccc1Cl. The summed E-state index contributed by atoms with van der Waals surface area (Å²) < 4.78 is 0. The number of aromatic nitrogens is 2. The third kappa shape index (κ3) is 2.37. The maximum Gasteiger partial charge on any atom is 0.263 e.